The summed E-state index contributed by atoms with van der Waals surface area (Å²) in [6.07, 6.45) is -3.77. The minimum absolute atomic E-state index is 0.260. The topological polar surface area (TPSA) is 49.4 Å². The van der Waals surface area contributed by atoms with Gasteiger partial charge in [0.05, 0.1) is 0 Å². The summed E-state index contributed by atoms with van der Waals surface area (Å²) in [6.45, 7) is 1.59. The van der Waals surface area contributed by atoms with Crippen LogP contribution in [0.25, 0.3) is 0 Å². The van der Waals surface area contributed by atoms with Crippen molar-refractivity contribution in [1.82, 2.24) is 0 Å². The summed E-state index contributed by atoms with van der Waals surface area (Å²) in [5, 5.41) is 0. The highest BCUT2D eigenvalue weighted by Gasteiger charge is 2.47. The van der Waals surface area contributed by atoms with Crippen molar-refractivity contribution < 1.29 is 27.2 Å². The van der Waals surface area contributed by atoms with Crippen LogP contribution in [-0.2, 0) is 9.09 Å². The van der Waals surface area contributed by atoms with E-state index >= 15 is 0 Å². The second kappa shape index (κ2) is 6.40. The van der Waals surface area contributed by atoms with Gasteiger partial charge in [-0.05, 0) is 25.2 Å². The monoisotopic (exact) mass is 287 g/mol. The first-order chi connectivity index (χ1) is 8.26. The van der Waals surface area contributed by atoms with Crippen LogP contribution < -0.4 is 4.89 Å². The van der Waals surface area contributed by atoms with Gasteiger partial charge in [-0.1, -0.05) is 26.2 Å². The molecule has 0 saturated heterocycles. The van der Waals surface area contributed by atoms with E-state index in [-0.39, 0.29) is 12.6 Å². The van der Waals surface area contributed by atoms with E-state index in [1.54, 1.807) is 6.92 Å². The number of rotatable bonds is 5. The lowest BCUT2D eigenvalue weighted by atomic mass is 9.85. The molecule has 0 N–H and O–H groups in total. The molecule has 18 heavy (non-hydrogen) atoms. The van der Waals surface area contributed by atoms with Crippen molar-refractivity contribution in [3.8, 4) is 0 Å². The molecule has 0 heterocycles. The van der Waals surface area contributed by atoms with Crippen LogP contribution in [0.3, 0.4) is 0 Å². The Hall–Kier alpha value is -0.0600. The molecule has 0 aromatic heterocycles. The van der Waals surface area contributed by atoms with Crippen molar-refractivity contribution in [3.05, 3.63) is 0 Å². The molecule has 1 rings (SSSR count). The molecule has 2 atom stereocenters. The first-order valence-corrected chi connectivity index (χ1v) is 8.04. The lowest BCUT2D eigenvalue weighted by Crippen LogP contribution is -2.40. The molecular formula is C11H19F3O3P-. The van der Waals surface area contributed by atoms with Gasteiger partial charge in [0.2, 0.25) is 0 Å². The summed E-state index contributed by atoms with van der Waals surface area (Å²) in [6, 6.07) is 0. The molecule has 7 heteroatoms. The van der Waals surface area contributed by atoms with Crippen LogP contribution in [0, 0.1) is 5.92 Å². The molecule has 0 aromatic rings. The Kier molecular flexibility index (Phi) is 5.68. The average molecular weight is 287 g/mol. The fourth-order valence-corrected chi connectivity index (χ4v) is 3.64. The van der Waals surface area contributed by atoms with E-state index in [4.69, 9.17) is 0 Å². The van der Waals surface area contributed by atoms with Gasteiger partial charge < -0.3 is 14.0 Å². The van der Waals surface area contributed by atoms with Crippen LogP contribution in [0.5, 0.6) is 0 Å². The van der Waals surface area contributed by atoms with Crippen molar-refractivity contribution in [1.29, 1.82) is 0 Å². The van der Waals surface area contributed by atoms with Gasteiger partial charge >= 0.3 is 6.18 Å². The molecule has 1 aliphatic rings. The molecule has 1 fully saturated rings. The van der Waals surface area contributed by atoms with E-state index in [0.717, 1.165) is 6.42 Å². The highest BCUT2D eigenvalue weighted by molar-refractivity contribution is 7.51. The summed E-state index contributed by atoms with van der Waals surface area (Å²) in [5.74, 6) is -0.724. The van der Waals surface area contributed by atoms with E-state index in [1.807, 2.05) is 0 Å². The third-order valence-electron chi connectivity index (χ3n) is 3.17. The Labute approximate surface area is 105 Å². The molecule has 3 nitrogen and oxygen atoms in total. The fourth-order valence-electron chi connectivity index (χ4n) is 2.35. The van der Waals surface area contributed by atoms with Crippen LogP contribution in [0.2, 0.25) is 0 Å². The number of halogens is 3. The molecule has 1 aliphatic carbocycles. The first kappa shape index (κ1) is 16.0. The quantitative estimate of drug-likeness (QED) is 0.727. The third-order valence-corrected chi connectivity index (χ3v) is 4.72. The maximum absolute atomic E-state index is 12.9. The molecule has 0 aliphatic heterocycles. The summed E-state index contributed by atoms with van der Waals surface area (Å²) in [4.78, 5) is 11.4. The van der Waals surface area contributed by atoms with E-state index in [1.165, 1.54) is 0 Å². The van der Waals surface area contributed by atoms with Crippen LogP contribution in [-0.4, -0.2) is 18.4 Å². The second-order valence-corrected chi connectivity index (χ2v) is 6.68. The van der Waals surface area contributed by atoms with Gasteiger partial charge in [-0.3, -0.25) is 0 Å². The van der Waals surface area contributed by atoms with Gasteiger partial charge in [-0.2, -0.15) is 13.2 Å². The van der Waals surface area contributed by atoms with Crippen LogP contribution in [0.4, 0.5) is 13.2 Å². The van der Waals surface area contributed by atoms with Gasteiger partial charge in [0.1, 0.15) is 7.60 Å². The summed E-state index contributed by atoms with van der Waals surface area (Å²) < 4.78 is 54.6. The van der Waals surface area contributed by atoms with Gasteiger partial charge in [-0.25, -0.2) is 0 Å². The predicted octanol–water partition coefficient (Wildman–Crippen LogP) is 3.48. The maximum Gasteiger partial charge on any atom is 0.415 e. The maximum atomic E-state index is 12.9. The van der Waals surface area contributed by atoms with E-state index in [0.29, 0.717) is 25.7 Å². The van der Waals surface area contributed by atoms with E-state index < -0.39 is 25.8 Å². The Morgan fingerprint density at radius 2 is 1.89 bits per heavy atom. The minimum Gasteiger partial charge on any atom is -0.778 e. The smallest absolute Gasteiger partial charge is 0.415 e. The van der Waals surface area contributed by atoms with Gasteiger partial charge in [0.25, 0.3) is 0 Å². The average Bonchev–Trinajstić information content (AvgIpc) is 2.26. The molecule has 2 unspecified atom stereocenters. The van der Waals surface area contributed by atoms with Gasteiger partial charge in [0.15, 0.2) is 6.10 Å². The summed E-state index contributed by atoms with van der Waals surface area (Å²) in [5.41, 5.74) is 0. The van der Waals surface area contributed by atoms with E-state index in [2.05, 4.69) is 4.52 Å². The van der Waals surface area contributed by atoms with Crippen molar-refractivity contribution in [2.24, 2.45) is 5.92 Å². The molecule has 0 spiro atoms. The molecule has 108 valence electrons. The van der Waals surface area contributed by atoms with Crippen molar-refractivity contribution in [2.45, 2.75) is 57.7 Å². The fraction of sp³-hybridized carbons (Fsp3) is 1.00. The van der Waals surface area contributed by atoms with Crippen molar-refractivity contribution in [3.63, 3.8) is 0 Å². The van der Waals surface area contributed by atoms with Crippen LogP contribution >= 0.6 is 7.60 Å². The Bertz CT molecular complexity index is 300. The van der Waals surface area contributed by atoms with E-state index in [9.17, 15) is 22.6 Å². The molecular weight excluding hydrogens is 268 g/mol. The Balaban J connectivity index is 2.75. The third kappa shape index (κ3) is 4.90. The lowest BCUT2D eigenvalue weighted by Gasteiger charge is -2.36. The predicted molar refractivity (Wildman–Crippen MR) is 60.3 cm³/mol. The summed E-state index contributed by atoms with van der Waals surface area (Å²) in [7, 11) is -4.38. The normalized spacial score (nSPS) is 23.6. The molecule has 1 saturated carbocycles. The second-order valence-electron chi connectivity index (χ2n) is 4.80. The number of hydrogen-bond donors (Lipinski definition) is 0. The number of alkyl halides is 3. The zero-order chi connectivity index (χ0) is 13.8. The molecule has 0 amide bonds. The standard InChI is InChI=1S/C11H20F3O3P/c1-2-8-18(15,16)17-10(11(12,13)14)9-6-4-3-5-7-9/h9-10H,2-8H2,1H3,(H,15,16)/p-1. The Morgan fingerprint density at radius 1 is 1.33 bits per heavy atom. The largest absolute Gasteiger partial charge is 0.778 e. The molecule has 0 radical (unpaired) electrons. The SMILES string of the molecule is CCCP(=O)([O-])OC(C1CCCCC1)C(F)(F)F. The summed E-state index contributed by atoms with van der Waals surface area (Å²) >= 11 is 0. The Morgan fingerprint density at radius 3 is 2.33 bits per heavy atom. The lowest BCUT2D eigenvalue weighted by molar-refractivity contribution is -0.249. The molecule has 0 bridgehead atoms. The minimum atomic E-state index is -4.62. The van der Waals surface area contributed by atoms with Gasteiger partial charge in [0, 0.05) is 6.16 Å². The molecule has 0 aromatic carbocycles. The zero-order valence-electron chi connectivity index (χ0n) is 10.4. The van der Waals surface area contributed by atoms with Gasteiger partial charge in [-0.15, -0.1) is 0 Å². The highest BCUT2D eigenvalue weighted by Crippen LogP contribution is 2.47. The highest BCUT2D eigenvalue weighted by atomic mass is 31.2. The number of hydrogen-bond acceptors (Lipinski definition) is 3. The first-order valence-electron chi connectivity index (χ1n) is 6.31. The van der Waals surface area contributed by atoms with Crippen molar-refractivity contribution >= 4 is 7.60 Å². The van der Waals surface area contributed by atoms with Crippen molar-refractivity contribution in [2.75, 3.05) is 6.16 Å². The zero-order valence-corrected chi connectivity index (χ0v) is 11.3. The van der Waals surface area contributed by atoms with Crippen LogP contribution in [0.1, 0.15) is 45.4 Å². The van der Waals surface area contributed by atoms with Crippen LogP contribution in [0.15, 0.2) is 0 Å².